The van der Waals surface area contributed by atoms with Crippen molar-refractivity contribution in [3.8, 4) is 5.75 Å². The van der Waals surface area contributed by atoms with Crippen molar-refractivity contribution in [1.29, 1.82) is 0 Å². The lowest BCUT2D eigenvalue weighted by atomic mass is 10.1. The Balaban J connectivity index is 1.72. The second-order valence-electron chi connectivity index (χ2n) is 7.06. The molecule has 8 heteroatoms. The first-order chi connectivity index (χ1) is 15.2. The Morgan fingerprint density at radius 2 is 1.56 bits per heavy atom. The number of anilines is 1. The van der Waals surface area contributed by atoms with Gasteiger partial charge in [-0.15, -0.1) is 0 Å². The number of carbonyl (C=O) groups is 2. The molecule has 0 aliphatic carbocycles. The van der Waals surface area contributed by atoms with Gasteiger partial charge in [-0.25, -0.2) is 13.2 Å². The quantitative estimate of drug-likeness (QED) is 0.380. The molecule has 0 spiro atoms. The number of hydrogen-bond acceptors (Lipinski definition) is 6. The fourth-order valence-electron chi connectivity index (χ4n) is 2.91. The zero-order valence-electron chi connectivity index (χ0n) is 17.9. The number of nitrogens with zero attached hydrogens (tertiary/aromatic N) is 1. The van der Waals surface area contributed by atoms with Crippen molar-refractivity contribution < 1.29 is 27.5 Å². The lowest BCUT2D eigenvalue weighted by Crippen LogP contribution is -2.26. The van der Waals surface area contributed by atoms with Crippen LogP contribution in [0.3, 0.4) is 0 Å². The molecule has 0 bridgehead atoms. The third-order valence-electron chi connectivity index (χ3n) is 4.87. The number of carbonyl (C=O) groups excluding carboxylic acids is 2. The number of Topliss-reactive ketones (excluding diaryl/α,β-unsaturated/α-hetero) is 1. The summed E-state index contributed by atoms with van der Waals surface area (Å²) >= 11 is 0. The summed E-state index contributed by atoms with van der Waals surface area (Å²) in [4.78, 5) is 24.6. The van der Waals surface area contributed by atoms with Crippen LogP contribution >= 0.6 is 0 Å². The van der Waals surface area contributed by atoms with Crippen LogP contribution in [0.15, 0.2) is 77.7 Å². The zero-order valence-corrected chi connectivity index (χ0v) is 18.8. The normalized spacial score (nSPS) is 11.0. The monoisotopic (exact) mass is 453 g/mol. The van der Waals surface area contributed by atoms with E-state index in [-0.39, 0.29) is 16.2 Å². The average molecular weight is 454 g/mol. The van der Waals surface area contributed by atoms with Gasteiger partial charge in [0.1, 0.15) is 5.75 Å². The standard InChI is InChI=1S/C24H23NO6S/c1-17-7-11-20(12-8-17)25(2)32(28,29)22-6-4-5-19(15-22)24(27)31-16-23(26)18-9-13-21(30-3)14-10-18/h4-15H,16H2,1-3H3. The lowest BCUT2D eigenvalue weighted by Gasteiger charge is -2.20. The average Bonchev–Trinajstić information content (AvgIpc) is 2.82. The van der Waals surface area contributed by atoms with E-state index in [1.54, 1.807) is 36.4 Å². The summed E-state index contributed by atoms with van der Waals surface area (Å²) < 4.78 is 37.3. The second-order valence-corrected chi connectivity index (χ2v) is 9.03. The van der Waals surface area contributed by atoms with Gasteiger partial charge in [0, 0.05) is 12.6 Å². The molecule has 0 amide bonds. The van der Waals surface area contributed by atoms with E-state index in [1.165, 1.54) is 38.4 Å². The summed E-state index contributed by atoms with van der Waals surface area (Å²) in [5.74, 6) is -0.571. The van der Waals surface area contributed by atoms with Crippen molar-refractivity contribution >= 4 is 27.5 Å². The first-order valence-electron chi connectivity index (χ1n) is 9.72. The lowest BCUT2D eigenvalue weighted by molar-refractivity contribution is 0.0474. The SMILES string of the molecule is COc1ccc(C(=O)COC(=O)c2cccc(S(=O)(=O)N(C)c3ccc(C)cc3)c2)cc1. The molecule has 0 N–H and O–H groups in total. The molecule has 0 fully saturated rings. The van der Waals surface area contributed by atoms with E-state index in [1.807, 2.05) is 19.1 Å². The molecule has 0 unspecified atom stereocenters. The Kier molecular flexibility index (Phi) is 6.95. The highest BCUT2D eigenvalue weighted by Gasteiger charge is 2.23. The molecule has 166 valence electrons. The van der Waals surface area contributed by atoms with Gasteiger partial charge >= 0.3 is 5.97 Å². The maximum atomic E-state index is 13.0. The van der Waals surface area contributed by atoms with Gasteiger partial charge < -0.3 is 9.47 Å². The van der Waals surface area contributed by atoms with E-state index < -0.39 is 22.6 Å². The van der Waals surface area contributed by atoms with Crippen LogP contribution in [0, 0.1) is 6.92 Å². The van der Waals surface area contributed by atoms with Crippen LogP contribution < -0.4 is 9.04 Å². The van der Waals surface area contributed by atoms with Crippen LogP contribution in [0.5, 0.6) is 5.75 Å². The molecule has 0 saturated carbocycles. The molecule has 0 heterocycles. The van der Waals surface area contributed by atoms with Gasteiger partial charge in [-0.1, -0.05) is 23.8 Å². The molecule has 7 nitrogen and oxygen atoms in total. The minimum Gasteiger partial charge on any atom is -0.497 e. The van der Waals surface area contributed by atoms with Crippen LogP contribution in [0.1, 0.15) is 26.3 Å². The van der Waals surface area contributed by atoms with Crippen molar-refractivity contribution in [2.24, 2.45) is 0 Å². The molecule has 32 heavy (non-hydrogen) atoms. The molecule has 3 aromatic carbocycles. The van der Waals surface area contributed by atoms with Crippen LogP contribution in [0.2, 0.25) is 0 Å². The summed E-state index contributed by atoms with van der Waals surface area (Å²) in [5, 5.41) is 0. The van der Waals surface area contributed by atoms with Gasteiger partial charge in [-0.3, -0.25) is 9.10 Å². The Labute approximate surface area is 187 Å². The summed E-state index contributed by atoms with van der Waals surface area (Å²) in [6.07, 6.45) is 0. The Morgan fingerprint density at radius 1 is 0.906 bits per heavy atom. The predicted molar refractivity (Wildman–Crippen MR) is 121 cm³/mol. The molecular weight excluding hydrogens is 430 g/mol. The van der Waals surface area contributed by atoms with E-state index in [0.717, 1.165) is 9.87 Å². The zero-order chi connectivity index (χ0) is 23.3. The van der Waals surface area contributed by atoms with Crippen LogP contribution in [0.4, 0.5) is 5.69 Å². The number of hydrogen-bond donors (Lipinski definition) is 0. The number of sulfonamides is 1. The minimum atomic E-state index is -3.90. The van der Waals surface area contributed by atoms with Crippen molar-refractivity contribution in [2.75, 3.05) is 25.1 Å². The van der Waals surface area contributed by atoms with Gasteiger partial charge in [0.05, 0.1) is 23.3 Å². The van der Waals surface area contributed by atoms with Crippen molar-refractivity contribution in [1.82, 2.24) is 0 Å². The molecular formula is C24H23NO6S. The number of ether oxygens (including phenoxy) is 2. The van der Waals surface area contributed by atoms with Crippen LogP contribution in [-0.4, -0.2) is 40.9 Å². The predicted octanol–water partition coefficient (Wildman–Crippen LogP) is 3.87. The maximum Gasteiger partial charge on any atom is 0.338 e. The number of ketones is 1. The minimum absolute atomic E-state index is 0.0333. The molecule has 3 aromatic rings. The number of esters is 1. The van der Waals surface area contributed by atoms with Gasteiger partial charge in [0.15, 0.2) is 12.4 Å². The molecule has 0 aliphatic heterocycles. The second kappa shape index (κ2) is 9.65. The highest BCUT2D eigenvalue weighted by atomic mass is 32.2. The van der Waals surface area contributed by atoms with E-state index in [9.17, 15) is 18.0 Å². The number of aryl methyl sites for hydroxylation is 1. The Morgan fingerprint density at radius 3 is 2.19 bits per heavy atom. The topological polar surface area (TPSA) is 90.0 Å². The van der Waals surface area contributed by atoms with E-state index in [0.29, 0.717) is 17.0 Å². The first kappa shape index (κ1) is 23.0. The van der Waals surface area contributed by atoms with E-state index in [4.69, 9.17) is 9.47 Å². The highest BCUT2D eigenvalue weighted by molar-refractivity contribution is 7.92. The Hall–Kier alpha value is -3.65. The van der Waals surface area contributed by atoms with Gasteiger partial charge in [-0.05, 0) is 61.5 Å². The smallest absolute Gasteiger partial charge is 0.338 e. The van der Waals surface area contributed by atoms with Gasteiger partial charge in [0.25, 0.3) is 10.0 Å². The number of benzene rings is 3. The van der Waals surface area contributed by atoms with Gasteiger partial charge in [-0.2, -0.15) is 0 Å². The summed E-state index contributed by atoms with van der Waals surface area (Å²) in [6.45, 7) is 1.44. The molecule has 0 aliphatic rings. The number of methoxy groups -OCH3 is 1. The van der Waals surface area contributed by atoms with Crippen molar-refractivity contribution in [2.45, 2.75) is 11.8 Å². The third kappa shape index (κ3) is 5.15. The highest BCUT2D eigenvalue weighted by Crippen LogP contribution is 2.23. The Bertz CT molecular complexity index is 1220. The fraction of sp³-hybridized carbons (Fsp3) is 0.167. The molecule has 0 saturated heterocycles. The molecule has 0 radical (unpaired) electrons. The molecule has 3 rings (SSSR count). The largest absolute Gasteiger partial charge is 0.497 e. The summed E-state index contributed by atoms with van der Waals surface area (Å²) in [6, 6.07) is 19.0. The fourth-order valence-corrected chi connectivity index (χ4v) is 4.15. The maximum absolute atomic E-state index is 13.0. The summed E-state index contributed by atoms with van der Waals surface area (Å²) in [7, 11) is -0.933. The van der Waals surface area contributed by atoms with Crippen molar-refractivity contribution in [3.63, 3.8) is 0 Å². The van der Waals surface area contributed by atoms with Gasteiger partial charge in [0.2, 0.25) is 0 Å². The first-order valence-corrected chi connectivity index (χ1v) is 11.2. The number of rotatable bonds is 8. The van der Waals surface area contributed by atoms with Crippen LogP contribution in [0.25, 0.3) is 0 Å². The van der Waals surface area contributed by atoms with E-state index >= 15 is 0 Å². The van der Waals surface area contributed by atoms with Crippen LogP contribution in [-0.2, 0) is 14.8 Å². The summed E-state index contributed by atoms with van der Waals surface area (Å²) in [5.41, 5.74) is 1.91. The third-order valence-corrected chi connectivity index (χ3v) is 6.65. The van der Waals surface area contributed by atoms with Crippen molar-refractivity contribution in [3.05, 3.63) is 89.5 Å². The van der Waals surface area contributed by atoms with E-state index in [2.05, 4.69) is 0 Å². The molecule has 0 aromatic heterocycles. The molecule has 0 atom stereocenters.